The van der Waals surface area contributed by atoms with E-state index < -0.39 is 11.4 Å². The number of amides is 2. The van der Waals surface area contributed by atoms with Gasteiger partial charge in [0.1, 0.15) is 0 Å². The van der Waals surface area contributed by atoms with Crippen molar-refractivity contribution in [1.82, 2.24) is 10.2 Å². The lowest BCUT2D eigenvalue weighted by Crippen LogP contribution is -2.41. The summed E-state index contributed by atoms with van der Waals surface area (Å²) in [7, 11) is 1.57. The van der Waals surface area contributed by atoms with E-state index in [1.54, 1.807) is 7.05 Å². The average molecular weight is 210 g/mol. The Labute approximate surface area is 88.4 Å². The Morgan fingerprint density at radius 3 is 2.60 bits per heavy atom. The predicted molar refractivity (Wildman–Crippen MR) is 54.2 cm³/mol. The third kappa shape index (κ3) is 2.62. The molecule has 0 radical (unpaired) electrons. The number of urea groups is 1. The molecule has 15 heavy (non-hydrogen) atoms. The average Bonchev–Trinajstić information content (AvgIpc) is 2.95. The van der Waals surface area contributed by atoms with Crippen LogP contribution < -0.4 is 5.32 Å². The van der Waals surface area contributed by atoms with Gasteiger partial charge in [-0.2, -0.15) is 0 Å². The maximum absolute atomic E-state index is 11.4. The molecule has 0 aromatic carbocycles. The lowest BCUT2D eigenvalue weighted by Gasteiger charge is -2.17. The largest absolute Gasteiger partial charge is 0.481 e. The molecule has 2 amide bonds. The second-order valence-corrected chi connectivity index (χ2v) is 3.80. The molecule has 1 aliphatic carbocycles. The van der Waals surface area contributed by atoms with Gasteiger partial charge in [0.15, 0.2) is 0 Å². The molecule has 82 valence electrons. The predicted octanol–water partition coefficient (Wildman–Crippen LogP) is 0.126. The van der Waals surface area contributed by atoms with E-state index in [0.717, 1.165) is 0 Å². The van der Waals surface area contributed by atoms with Gasteiger partial charge in [0.05, 0.1) is 12.0 Å². The fourth-order valence-corrected chi connectivity index (χ4v) is 1.21. The Bertz CT molecular complexity index is 315. The summed E-state index contributed by atoms with van der Waals surface area (Å²) in [5.41, 5.74) is -0.730. The smallest absolute Gasteiger partial charge is 0.317 e. The van der Waals surface area contributed by atoms with Gasteiger partial charge < -0.3 is 15.3 Å². The Hall–Kier alpha value is -1.70. The third-order valence-electron chi connectivity index (χ3n) is 2.56. The van der Waals surface area contributed by atoms with Crippen molar-refractivity contribution < 1.29 is 14.7 Å². The van der Waals surface area contributed by atoms with E-state index in [-0.39, 0.29) is 19.1 Å². The first kappa shape index (κ1) is 11.4. The summed E-state index contributed by atoms with van der Waals surface area (Å²) in [5.74, 6) is 1.49. The van der Waals surface area contributed by atoms with Crippen molar-refractivity contribution in [3.05, 3.63) is 0 Å². The molecule has 5 heteroatoms. The summed E-state index contributed by atoms with van der Waals surface area (Å²) < 4.78 is 0. The highest BCUT2D eigenvalue weighted by atomic mass is 16.4. The van der Waals surface area contributed by atoms with Gasteiger partial charge in [-0.3, -0.25) is 4.79 Å². The number of hydrogen-bond acceptors (Lipinski definition) is 2. The van der Waals surface area contributed by atoms with Crippen LogP contribution in [0.4, 0.5) is 4.79 Å². The van der Waals surface area contributed by atoms with E-state index in [0.29, 0.717) is 12.8 Å². The number of carbonyl (C=O) groups excluding carboxylic acids is 1. The maximum atomic E-state index is 11.4. The van der Waals surface area contributed by atoms with Crippen molar-refractivity contribution in [3.8, 4) is 12.3 Å². The van der Waals surface area contributed by atoms with Crippen molar-refractivity contribution in [2.24, 2.45) is 5.41 Å². The molecule has 0 unspecified atom stereocenters. The van der Waals surface area contributed by atoms with E-state index >= 15 is 0 Å². The first-order valence-electron chi connectivity index (χ1n) is 4.68. The molecule has 1 aliphatic rings. The van der Waals surface area contributed by atoms with Gasteiger partial charge in [0.25, 0.3) is 0 Å². The second-order valence-electron chi connectivity index (χ2n) is 3.80. The minimum Gasteiger partial charge on any atom is -0.481 e. The number of aliphatic carboxylic acids is 1. The number of nitrogens with zero attached hydrogens (tertiary/aromatic N) is 1. The number of terminal acetylenes is 1. The number of carboxylic acid groups (broad SMARTS) is 1. The SMILES string of the molecule is C#CCN(C)C(=O)NCC1(C(=O)O)CC1. The molecule has 5 nitrogen and oxygen atoms in total. The van der Waals surface area contributed by atoms with E-state index in [4.69, 9.17) is 11.5 Å². The topological polar surface area (TPSA) is 69.6 Å². The zero-order valence-corrected chi connectivity index (χ0v) is 8.62. The monoisotopic (exact) mass is 210 g/mol. The van der Waals surface area contributed by atoms with Crippen LogP contribution >= 0.6 is 0 Å². The highest BCUT2D eigenvalue weighted by molar-refractivity contribution is 5.80. The van der Waals surface area contributed by atoms with Crippen molar-refractivity contribution >= 4 is 12.0 Å². The number of rotatable bonds is 4. The molecular weight excluding hydrogens is 196 g/mol. The molecule has 1 fully saturated rings. The van der Waals surface area contributed by atoms with E-state index in [1.807, 2.05) is 0 Å². The van der Waals surface area contributed by atoms with Crippen LogP contribution in [-0.4, -0.2) is 42.1 Å². The summed E-state index contributed by atoms with van der Waals surface area (Å²) in [4.78, 5) is 23.5. The third-order valence-corrected chi connectivity index (χ3v) is 2.56. The molecule has 0 atom stereocenters. The Morgan fingerprint density at radius 2 is 2.20 bits per heavy atom. The van der Waals surface area contributed by atoms with Gasteiger partial charge in [-0.15, -0.1) is 6.42 Å². The van der Waals surface area contributed by atoms with Crippen molar-refractivity contribution in [2.45, 2.75) is 12.8 Å². The molecule has 0 bridgehead atoms. The van der Waals surface area contributed by atoms with Gasteiger partial charge in [-0.25, -0.2) is 4.79 Å². The summed E-state index contributed by atoms with van der Waals surface area (Å²) in [6.07, 6.45) is 6.30. The lowest BCUT2D eigenvalue weighted by atomic mass is 10.1. The molecule has 1 rings (SSSR count). The van der Waals surface area contributed by atoms with Gasteiger partial charge in [-0.05, 0) is 12.8 Å². The minimum absolute atomic E-state index is 0.177. The molecule has 0 spiro atoms. The van der Waals surface area contributed by atoms with Crippen LogP contribution in [0.1, 0.15) is 12.8 Å². The van der Waals surface area contributed by atoms with Crippen LogP contribution in [0.15, 0.2) is 0 Å². The van der Waals surface area contributed by atoms with Crippen LogP contribution in [0, 0.1) is 17.8 Å². The normalized spacial score (nSPS) is 16.3. The Balaban J connectivity index is 2.35. The van der Waals surface area contributed by atoms with Gasteiger partial charge >= 0.3 is 12.0 Å². The van der Waals surface area contributed by atoms with Crippen molar-refractivity contribution in [2.75, 3.05) is 20.1 Å². The van der Waals surface area contributed by atoms with Crippen LogP contribution in [-0.2, 0) is 4.79 Å². The molecule has 0 aliphatic heterocycles. The molecule has 0 heterocycles. The number of hydrogen-bond donors (Lipinski definition) is 2. The number of nitrogens with one attached hydrogen (secondary N) is 1. The standard InChI is InChI=1S/C10H14N2O3/c1-3-6-12(2)9(15)11-7-10(4-5-10)8(13)14/h1H,4-7H2,2H3,(H,11,15)(H,13,14). The van der Waals surface area contributed by atoms with Gasteiger partial charge in [0, 0.05) is 13.6 Å². The molecule has 0 saturated heterocycles. The van der Waals surface area contributed by atoms with Crippen LogP contribution in [0.3, 0.4) is 0 Å². The zero-order valence-electron chi connectivity index (χ0n) is 8.62. The van der Waals surface area contributed by atoms with Crippen LogP contribution in [0.25, 0.3) is 0 Å². The fourth-order valence-electron chi connectivity index (χ4n) is 1.21. The Kier molecular flexibility index (Phi) is 3.20. The van der Waals surface area contributed by atoms with Gasteiger partial charge in [0.2, 0.25) is 0 Å². The van der Waals surface area contributed by atoms with E-state index in [1.165, 1.54) is 4.90 Å². The number of carbonyl (C=O) groups is 2. The van der Waals surface area contributed by atoms with E-state index in [9.17, 15) is 9.59 Å². The molecule has 1 saturated carbocycles. The van der Waals surface area contributed by atoms with Gasteiger partial charge in [-0.1, -0.05) is 5.92 Å². The Morgan fingerprint density at radius 1 is 1.60 bits per heavy atom. The second kappa shape index (κ2) is 4.22. The summed E-state index contributed by atoms with van der Waals surface area (Å²) in [6.45, 7) is 0.391. The molecular formula is C10H14N2O3. The quantitative estimate of drug-likeness (QED) is 0.648. The number of carboxylic acids is 1. The van der Waals surface area contributed by atoms with Crippen LogP contribution in [0.5, 0.6) is 0 Å². The molecule has 2 N–H and O–H groups in total. The van der Waals surface area contributed by atoms with E-state index in [2.05, 4.69) is 11.2 Å². The maximum Gasteiger partial charge on any atom is 0.317 e. The van der Waals surface area contributed by atoms with Crippen molar-refractivity contribution in [3.63, 3.8) is 0 Å². The van der Waals surface area contributed by atoms with Crippen LogP contribution in [0.2, 0.25) is 0 Å². The first-order chi connectivity index (χ1) is 7.02. The highest BCUT2D eigenvalue weighted by Crippen LogP contribution is 2.45. The minimum atomic E-state index is -0.845. The molecule has 0 aromatic heterocycles. The molecule has 0 aromatic rings. The summed E-state index contributed by atoms with van der Waals surface area (Å²) >= 11 is 0. The summed E-state index contributed by atoms with van der Waals surface area (Å²) in [6, 6.07) is -0.333. The first-order valence-corrected chi connectivity index (χ1v) is 4.68. The van der Waals surface area contributed by atoms with Crippen molar-refractivity contribution in [1.29, 1.82) is 0 Å². The summed E-state index contributed by atoms with van der Waals surface area (Å²) in [5, 5.41) is 11.4. The lowest BCUT2D eigenvalue weighted by molar-refractivity contribution is -0.143. The fraction of sp³-hybridized carbons (Fsp3) is 0.600. The zero-order chi connectivity index (χ0) is 11.5. The highest BCUT2D eigenvalue weighted by Gasteiger charge is 2.50.